The van der Waals surface area contributed by atoms with Gasteiger partial charge in [0.25, 0.3) is 0 Å². The molecule has 0 aromatic rings. The summed E-state index contributed by atoms with van der Waals surface area (Å²) >= 11 is 0. The fourth-order valence-corrected chi connectivity index (χ4v) is 1.50. The average molecular weight is 224 g/mol. The van der Waals surface area contributed by atoms with Crippen molar-refractivity contribution in [2.45, 2.75) is 71.1 Å². The van der Waals surface area contributed by atoms with Crippen LogP contribution in [0.3, 0.4) is 0 Å². The Morgan fingerprint density at radius 2 is 1.50 bits per heavy atom. The molecular formula is C14H24O2. The molecule has 2 heteroatoms. The molecule has 1 N–H and O–H groups in total. The van der Waals surface area contributed by atoms with Crippen LogP contribution in [0.25, 0.3) is 0 Å². The van der Waals surface area contributed by atoms with E-state index in [0.29, 0.717) is 6.42 Å². The highest BCUT2D eigenvalue weighted by molar-refractivity contribution is 5.66. The van der Waals surface area contributed by atoms with Crippen molar-refractivity contribution in [1.82, 2.24) is 0 Å². The molecule has 0 spiro atoms. The van der Waals surface area contributed by atoms with E-state index in [0.717, 1.165) is 12.8 Å². The third-order valence-electron chi connectivity index (χ3n) is 2.47. The van der Waals surface area contributed by atoms with Crippen LogP contribution in [0, 0.1) is 11.8 Å². The lowest BCUT2D eigenvalue weighted by molar-refractivity contribution is -0.137. The van der Waals surface area contributed by atoms with Crippen LogP contribution in [0.15, 0.2) is 0 Å². The first-order chi connectivity index (χ1) is 7.77. The van der Waals surface area contributed by atoms with Gasteiger partial charge in [0.2, 0.25) is 0 Å². The van der Waals surface area contributed by atoms with E-state index in [1.54, 1.807) is 0 Å². The predicted molar refractivity (Wildman–Crippen MR) is 67.3 cm³/mol. The van der Waals surface area contributed by atoms with E-state index in [4.69, 9.17) is 5.11 Å². The van der Waals surface area contributed by atoms with Gasteiger partial charge in [-0.15, -0.1) is 11.8 Å². The van der Waals surface area contributed by atoms with Crippen molar-refractivity contribution in [3.05, 3.63) is 0 Å². The van der Waals surface area contributed by atoms with Crippen molar-refractivity contribution in [3.8, 4) is 11.8 Å². The van der Waals surface area contributed by atoms with Crippen LogP contribution in [-0.4, -0.2) is 11.1 Å². The molecule has 0 aromatic carbocycles. The van der Waals surface area contributed by atoms with Gasteiger partial charge in [-0.2, -0.15) is 0 Å². The Labute approximate surface area is 99.4 Å². The molecule has 0 amide bonds. The average Bonchev–Trinajstić information content (AvgIpc) is 2.25. The van der Waals surface area contributed by atoms with Gasteiger partial charge in [0.1, 0.15) is 0 Å². The first kappa shape index (κ1) is 15.0. The van der Waals surface area contributed by atoms with Gasteiger partial charge < -0.3 is 5.11 Å². The lowest BCUT2D eigenvalue weighted by Gasteiger charge is -1.96. The summed E-state index contributed by atoms with van der Waals surface area (Å²) in [6.45, 7) is 2.22. The molecule has 2 nitrogen and oxygen atoms in total. The summed E-state index contributed by atoms with van der Waals surface area (Å²) in [5, 5.41) is 8.41. The Bertz CT molecular complexity index is 223. The molecule has 0 rings (SSSR count). The molecule has 0 bridgehead atoms. The molecule has 0 unspecified atom stereocenters. The van der Waals surface area contributed by atoms with Crippen molar-refractivity contribution in [2.24, 2.45) is 0 Å². The largest absolute Gasteiger partial charge is 0.481 e. The fourth-order valence-electron chi connectivity index (χ4n) is 1.50. The minimum absolute atomic E-state index is 0.242. The lowest BCUT2D eigenvalue weighted by atomic mass is 10.1. The number of carbonyl (C=O) groups is 1. The van der Waals surface area contributed by atoms with E-state index in [9.17, 15) is 4.79 Å². The number of carboxylic acid groups (broad SMARTS) is 1. The van der Waals surface area contributed by atoms with Gasteiger partial charge in [-0.05, 0) is 12.8 Å². The van der Waals surface area contributed by atoms with Crippen molar-refractivity contribution in [2.75, 3.05) is 0 Å². The second kappa shape index (κ2) is 12.1. The molecule has 0 heterocycles. The third kappa shape index (κ3) is 13.0. The van der Waals surface area contributed by atoms with Crippen LogP contribution in [0.1, 0.15) is 71.1 Å². The van der Waals surface area contributed by atoms with Gasteiger partial charge in [0, 0.05) is 19.3 Å². The second-order valence-electron chi connectivity index (χ2n) is 4.12. The van der Waals surface area contributed by atoms with Gasteiger partial charge in [-0.3, -0.25) is 4.79 Å². The number of unbranched alkanes of at least 4 members (excludes halogenated alkanes) is 7. The van der Waals surface area contributed by atoms with Crippen molar-refractivity contribution >= 4 is 5.97 Å². The smallest absolute Gasteiger partial charge is 0.303 e. The minimum atomic E-state index is -0.724. The third-order valence-corrected chi connectivity index (χ3v) is 2.47. The number of hydrogen-bond donors (Lipinski definition) is 1. The Morgan fingerprint density at radius 3 is 2.12 bits per heavy atom. The van der Waals surface area contributed by atoms with Crippen LogP contribution < -0.4 is 0 Å². The number of carboxylic acids is 1. The highest BCUT2D eigenvalue weighted by Gasteiger charge is 1.93. The molecule has 0 aromatic heterocycles. The maximum atomic E-state index is 10.2. The standard InChI is InChI=1S/C14H24O2/c1-2-3-4-5-6-7-8-9-10-11-12-13-14(15)16/h2-8,11-13H2,1H3,(H,15,16). The number of aliphatic carboxylic acids is 1. The molecule has 0 aliphatic rings. The Hall–Kier alpha value is -0.970. The van der Waals surface area contributed by atoms with E-state index in [-0.39, 0.29) is 6.42 Å². The predicted octanol–water partition coefficient (Wildman–Crippen LogP) is 4.00. The maximum absolute atomic E-state index is 10.2. The van der Waals surface area contributed by atoms with Crippen LogP contribution in [-0.2, 0) is 4.79 Å². The number of rotatable bonds is 9. The summed E-state index contributed by atoms with van der Waals surface area (Å²) in [6.07, 6.45) is 10.4. The molecule has 16 heavy (non-hydrogen) atoms. The van der Waals surface area contributed by atoms with E-state index >= 15 is 0 Å². The summed E-state index contributed by atoms with van der Waals surface area (Å²) in [7, 11) is 0. The molecule has 0 aliphatic heterocycles. The maximum Gasteiger partial charge on any atom is 0.303 e. The minimum Gasteiger partial charge on any atom is -0.481 e. The molecular weight excluding hydrogens is 200 g/mol. The summed E-state index contributed by atoms with van der Waals surface area (Å²) in [5.74, 6) is 5.41. The summed E-state index contributed by atoms with van der Waals surface area (Å²) in [6, 6.07) is 0. The van der Waals surface area contributed by atoms with Crippen LogP contribution in [0.5, 0.6) is 0 Å². The lowest BCUT2D eigenvalue weighted by Crippen LogP contribution is -1.92. The molecule has 92 valence electrons. The van der Waals surface area contributed by atoms with Gasteiger partial charge in [0.15, 0.2) is 0 Å². The topological polar surface area (TPSA) is 37.3 Å². The van der Waals surface area contributed by atoms with Crippen LogP contribution >= 0.6 is 0 Å². The van der Waals surface area contributed by atoms with Crippen molar-refractivity contribution in [1.29, 1.82) is 0 Å². The Morgan fingerprint density at radius 1 is 0.938 bits per heavy atom. The zero-order valence-corrected chi connectivity index (χ0v) is 10.4. The van der Waals surface area contributed by atoms with E-state index in [1.807, 2.05) is 0 Å². The van der Waals surface area contributed by atoms with E-state index in [2.05, 4.69) is 18.8 Å². The SMILES string of the molecule is CCCCCCCCC#CCCCC(=O)O. The molecule has 0 aliphatic carbocycles. The van der Waals surface area contributed by atoms with E-state index < -0.39 is 5.97 Å². The highest BCUT2D eigenvalue weighted by atomic mass is 16.4. The Balaban J connectivity index is 3.12. The zero-order chi connectivity index (χ0) is 12.1. The van der Waals surface area contributed by atoms with Gasteiger partial charge >= 0.3 is 5.97 Å². The first-order valence-electron chi connectivity index (χ1n) is 6.45. The summed E-state index contributed by atoms with van der Waals surface area (Å²) in [5.41, 5.74) is 0. The van der Waals surface area contributed by atoms with Gasteiger partial charge in [-0.25, -0.2) is 0 Å². The fraction of sp³-hybridized carbons (Fsp3) is 0.786. The molecule has 0 radical (unpaired) electrons. The van der Waals surface area contributed by atoms with Crippen molar-refractivity contribution < 1.29 is 9.90 Å². The highest BCUT2D eigenvalue weighted by Crippen LogP contribution is 2.06. The van der Waals surface area contributed by atoms with Crippen LogP contribution in [0.2, 0.25) is 0 Å². The second-order valence-corrected chi connectivity index (χ2v) is 4.12. The van der Waals surface area contributed by atoms with E-state index in [1.165, 1.54) is 38.5 Å². The van der Waals surface area contributed by atoms with Crippen LogP contribution in [0.4, 0.5) is 0 Å². The van der Waals surface area contributed by atoms with Gasteiger partial charge in [0.05, 0.1) is 0 Å². The summed E-state index contributed by atoms with van der Waals surface area (Å²) in [4.78, 5) is 10.2. The monoisotopic (exact) mass is 224 g/mol. The molecule has 0 saturated carbocycles. The van der Waals surface area contributed by atoms with Gasteiger partial charge in [-0.1, -0.05) is 39.0 Å². The normalized spacial score (nSPS) is 9.56. The first-order valence-corrected chi connectivity index (χ1v) is 6.45. The molecule has 0 atom stereocenters. The Kier molecular flexibility index (Phi) is 11.4. The molecule has 0 saturated heterocycles. The number of hydrogen-bond acceptors (Lipinski definition) is 1. The summed E-state index contributed by atoms with van der Waals surface area (Å²) < 4.78 is 0. The molecule has 0 fully saturated rings. The quantitative estimate of drug-likeness (QED) is 0.475. The zero-order valence-electron chi connectivity index (χ0n) is 10.4. The van der Waals surface area contributed by atoms with Crippen molar-refractivity contribution in [3.63, 3.8) is 0 Å².